The normalized spacial score (nSPS) is 10.7. The fourth-order valence-electron chi connectivity index (χ4n) is 2.69. The topological polar surface area (TPSA) is 127 Å². The molecule has 0 aliphatic carbocycles. The van der Waals surface area contributed by atoms with Crippen LogP contribution in [-0.4, -0.2) is 26.5 Å². The SMILES string of the molecule is Cc1ccc(CNC(=O)c2cc3ccc(N)nc3n(CC(=O)O)c2=O)cc1. The second-order valence-electron chi connectivity index (χ2n) is 6.16. The van der Waals surface area contributed by atoms with Crippen LogP contribution in [-0.2, 0) is 17.9 Å². The van der Waals surface area contributed by atoms with Crippen molar-refractivity contribution in [1.29, 1.82) is 0 Å². The van der Waals surface area contributed by atoms with E-state index in [0.29, 0.717) is 5.39 Å². The summed E-state index contributed by atoms with van der Waals surface area (Å²) in [5.74, 6) is -1.66. The van der Waals surface area contributed by atoms with Gasteiger partial charge in [0.2, 0.25) is 0 Å². The number of aryl methyl sites for hydroxylation is 1. The fourth-order valence-corrected chi connectivity index (χ4v) is 2.69. The predicted octanol–water partition coefficient (Wildman–Crippen LogP) is 1.30. The van der Waals surface area contributed by atoms with Crippen molar-refractivity contribution in [3.05, 3.63) is 69.5 Å². The van der Waals surface area contributed by atoms with Crippen LogP contribution in [0.15, 0.2) is 47.3 Å². The first kappa shape index (κ1) is 18.1. The molecule has 0 fully saturated rings. The Morgan fingerprint density at radius 3 is 2.56 bits per heavy atom. The van der Waals surface area contributed by atoms with Gasteiger partial charge in [-0.15, -0.1) is 0 Å². The maximum Gasteiger partial charge on any atom is 0.323 e. The van der Waals surface area contributed by atoms with Crippen molar-refractivity contribution in [2.45, 2.75) is 20.0 Å². The van der Waals surface area contributed by atoms with Crippen molar-refractivity contribution in [3.63, 3.8) is 0 Å². The number of hydrogen-bond donors (Lipinski definition) is 3. The van der Waals surface area contributed by atoms with Gasteiger partial charge >= 0.3 is 5.97 Å². The van der Waals surface area contributed by atoms with Gasteiger partial charge in [-0.25, -0.2) is 4.98 Å². The van der Waals surface area contributed by atoms with E-state index in [1.54, 1.807) is 6.07 Å². The number of fused-ring (bicyclic) bond motifs is 1. The zero-order valence-electron chi connectivity index (χ0n) is 14.6. The van der Waals surface area contributed by atoms with E-state index in [4.69, 9.17) is 10.8 Å². The van der Waals surface area contributed by atoms with Gasteiger partial charge in [-0.3, -0.25) is 19.0 Å². The van der Waals surface area contributed by atoms with Crippen LogP contribution in [0.5, 0.6) is 0 Å². The van der Waals surface area contributed by atoms with Crippen molar-refractivity contribution < 1.29 is 14.7 Å². The molecule has 0 saturated heterocycles. The summed E-state index contributed by atoms with van der Waals surface area (Å²) in [6.07, 6.45) is 0. The molecule has 1 aromatic carbocycles. The van der Waals surface area contributed by atoms with Gasteiger partial charge in [-0.1, -0.05) is 29.8 Å². The van der Waals surface area contributed by atoms with E-state index in [0.717, 1.165) is 15.7 Å². The maximum atomic E-state index is 12.7. The van der Waals surface area contributed by atoms with Crippen molar-refractivity contribution >= 4 is 28.7 Å². The third kappa shape index (κ3) is 3.95. The number of nitrogens with zero attached hydrogens (tertiary/aromatic N) is 2. The van der Waals surface area contributed by atoms with E-state index < -0.39 is 24.0 Å². The summed E-state index contributed by atoms with van der Waals surface area (Å²) in [7, 11) is 0. The Labute approximate surface area is 154 Å². The Morgan fingerprint density at radius 1 is 1.19 bits per heavy atom. The summed E-state index contributed by atoms with van der Waals surface area (Å²) in [6, 6.07) is 12.1. The Kier molecular flexibility index (Phi) is 4.89. The minimum absolute atomic E-state index is 0.123. The van der Waals surface area contributed by atoms with Crippen LogP contribution < -0.4 is 16.6 Å². The minimum atomic E-state index is -1.22. The third-order valence-corrected chi connectivity index (χ3v) is 4.07. The monoisotopic (exact) mass is 366 g/mol. The van der Waals surface area contributed by atoms with Crippen LogP contribution in [0, 0.1) is 6.92 Å². The molecule has 8 nitrogen and oxygen atoms in total. The highest BCUT2D eigenvalue weighted by atomic mass is 16.4. The molecule has 0 unspecified atom stereocenters. The van der Waals surface area contributed by atoms with Crippen LogP contribution in [0.4, 0.5) is 5.82 Å². The molecular formula is C19H18N4O4. The number of aliphatic carboxylic acids is 1. The van der Waals surface area contributed by atoms with Crippen molar-refractivity contribution in [3.8, 4) is 0 Å². The number of carboxylic acids is 1. The molecule has 3 aromatic rings. The zero-order chi connectivity index (χ0) is 19.6. The first-order valence-corrected chi connectivity index (χ1v) is 8.21. The highest BCUT2D eigenvalue weighted by molar-refractivity contribution is 5.97. The van der Waals surface area contributed by atoms with E-state index in [9.17, 15) is 14.4 Å². The summed E-state index contributed by atoms with van der Waals surface area (Å²) in [5, 5.41) is 12.2. The van der Waals surface area contributed by atoms with E-state index >= 15 is 0 Å². The highest BCUT2D eigenvalue weighted by Gasteiger charge is 2.18. The van der Waals surface area contributed by atoms with E-state index in [1.807, 2.05) is 31.2 Å². The highest BCUT2D eigenvalue weighted by Crippen LogP contribution is 2.14. The smallest absolute Gasteiger partial charge is 0.323 e. The molecule has 0 spiro atoms. The molecule has 2 aromatic heterocycles. The third-order valence-electron chi connectivity index (χ3n) is 4.07. The summed E-state index contributed by atoms with van der Waals surface area (Å²) < 4.78 is 0.939. The number of nitrogen functional groups attached to an aromatic ring is 1. The molecule has 0 atom stereocenters. The Bertz CT molecular complexity index is 1090. The van der Waals surface area contributed by atoms with Gasteiger partial charge in [-0.2, -0.15) is 0 Å². The molecule has 138 valence electrons. The molecule has 0 aliphatic rings. The molecule has 0 bridgehead atoms. The number of nitrogens with two attached hydrogens (primary N) is 1. The predicted molar refractivity (Wildman–Crippen MR) is 100 cm³/mol. The number of anilines is 1. The van der Waals surface area contributed by atoms with Crippen LogP contribution in [0.3, 0.4) is 0 Å². The summed E-state index contributed by atoms with van der Waals surface area (Å²) in [5.41, 5.74) is 6.87. The molecule has 27 heavy (non-hydrogen) atoms. The Hall–Kier alpha value is -3.68. The summed E-state index contributed by atoms with van der Waals surface area (Å²) >= 11 is 0. The molecule has 4 N–H and O–H groups in total. The lowest BCUT2D eigenvalue weighted by molar-refractivity contribution is -0.137. The largest absolute Gasteiger partial charge is 0.480 e. The average Bonchev–Trinajstić information content (AvgIpc) is 2.63. The zero-order valence-corrected chi connectivity index (χ0v) is 14.6. The van der Waals surface area contributed by atoms with Crippen LogP contribution in [0.1, 0.15) is 21.5 Å². The number of carbonyl (C=O) groups excluding carboxylic acids is 1. The van der Waals surface area contributed by atoms with Gasteiger partial charge in [0.25, 0.3) is 11.5 Å². The number of amides is 1. The van der Waals surface area contributed by atoms with Crippen LogP contribution in [0.25, 0.3) is 11.0 Å². The lowest BCUT2D eigenvalue weighted by Gasteiger charge is -2.11. The van der Waals surface area contributed by atoms with Gasteiger partial charge in [0.15, 0.2) is 0 Å². The van der Waals surface area contributed by atoms with Gasteiger partial charge in [0.05, 0.1) is 0 Å². The summed E-state index contributed by atoms with van der Waals surface area (Å²) in [6.45, 7) is 1.59. The minimum Gasteiger partial charge on any atom is -0.480 e. The number of carboxylic acid groups (broad SMARTS) is 1. The molecular weight excluding hydrogens is 348 g/mol. The first-order chi connectivity index (χ1) is 12.8. The molecule has 1 amide bonds. The number of rotatable bonds is 5. The number of carbonyl (C=O) groups is 2. The second-order valence-corrected chi connectivity index (χ2v) is 6.16. The number of nitrogens with one attached hydrogen (secondary N) is 1. The second kappa shape index (κ2) is 7.28. The van der Waals surface area contributed by atoms with Gasteiger partial charge < -0.3 is 16.2 Å². The standard InChI is InChI=1S/C19H18N4O4/c1-11-2-4-12(5-3-11)9-21-18(26)14-8-13-6-7-15(20)22-17(13)23(19(14)27)10-16(24)25/h2-8H,9-10H2,1H3,(H2,20,22)(H,21,26)(H,24,25). The molecule has 2 heterocycles. The molecule has 3 rings (SSSR count). The average molecular weight is 366 g/mol. The molecule has 0 aliphatic heterocycles. The fraction of sp³-hybridized carbons (Fsp3) is 0.158. The molecule has 0 saturated carbocycles. The number of hydrogen-bond acceptors (Lipinski definition) is 5. The van der Waals surface area contributed by atoms with Crippen LogP contribution in [0.2, 0.25) is 0 Å². The van der Waals surface area contributed by atoms with Gasteiger partial charge in [0.1, 0.15) is 23.6 Å². The molecule has 8 heteroatoms. The quantitative estimate of drug-likeness (QED) is 0.625. The van der Waals surface area contributed by atoms with E-state index in [1.165, 1.54) is 12.1 Å². The van der Waals surface area contributed by atoms with Crippen LogP contribution >= 0.6 is 0 Å². The lowest BCUT2D eigenvalue weighted by atomic mass is 10.1. The Morgan fingerprint density at radius 2 is 1.89 bits per heavy atom. The molecule has 0 radical (unpaired) electrons. The lowest BCUT2D eigenvalue weighted by Crippen LogP contribution is -2.34. The number of aromatic nitrogens is 2. The van der Waals surface area contributed by atoms with E-state index in [-0.39, 0.29) is 23.6 Å². The number of benzene rings is 1. The number of pyridine rings is 2. The van der Waals surface area contributed by atoms with Crippen molar-refractivity contribution in [1.82, 2.24) is 14.9 Å². The van der Waals surface area contributed by atoms with Crippen molar-refractivity contribution in [2.24, 2.45) is 0 Å². The first-order valence-electron chi connectivity index (χ1n) is 8.21. The van der Waals surface area contributed by atoms with E-state index in [2.05, 4.69) is 10.3 Å². The van der Waals surface area contributed by atoms with Crippen molar-refractivity contribution in [2.75, 3.05) is 5.73 Å². The van der Waals surface area contributed by atoms with Gasteiger partial charge in [0, 0.05) is 11.9 Å². The van der Waals surface area contributed by atoms with Gasteiger partial charge in [-0.05, 0) is 30.7 Å². The Balaban J connectivity index is 1.97. The summed E-state index contributed by atoms with van der Waals surface area (Å²) in [4.78, 5) is 40.4. The maximum absolute atomic E-state index is 12.7.